The molecule has 0 amide bonds. The van der Waals surface area contributed by atoms with Crippen molar-refractivity contribution >= 4 is 61.5 Å². The number of hydrogen-bond donors (Lipinski definition) is 1. The summed E-state index contributed by atoms with van der Waals surface area (Å²) in [7, 11) is 0. The lowest BCUT2D eigenvalue weighted by Crippen LogP contribution is -1.86. The van der Waals surface area contributed by atoms with E-state index in [9.17, 15) is 0 Å². The summed E-state index contributed by atoms with van der Waals surface area (Å²) in [6.45, 7) is 0. The number of nitrogens with two attached hydrogens (primary N) is 1. The number of halogens is 1. The highest BCUT2D eigenvalue weighted by Gasteiger charge is 2.08. The molecule has 0 saturated heterocycles. The molecule has 0 saturated carbocycles. The largest absolute Gasteiger partial charge is 0.398 e. The van der Waals surface area contributed by atoms with Crippen LogP contribution in [0.3, 0.4) is 0 Å². The molecule has 1 aromatic carbocycles. The highest BCUT2D eigenvalue weighted by molar-refractivity contribution is 14.1. The van der Waals surface area contributed by atoms with E-state index in [-0.39, 0.29) is 0 Å². The van der Waals surface area contributed by atoms with Crippen LogP contribution in [0.25, 0.3) is 10.1 Å². The molecule has 0 radical (unpaired) electrons. The second-order valence-corrected chi connectivity index (χ2v) is 5.53. The van der Waals surface area contributed by atoms with Crippen LogP contribution < -0.4 is 5.73 Å². The van der Waals surface area contributed by atoms with Crippen molar-refractivity contribution in [3.63, 3.8) is 0 Å². The summed E-state index contributed by atoms with van der Waals surface area (Å²) < 4.78 is 2.57. The highest BCUT2D eigenvalue weighted by Crippen LogP contribution is 2.37. The number of thiophene rings is 1. The summed E-state index contributed by atoms with van der Waals surface area (Å²) in [6, 6.07) is 4.08. The van der Waals surface area contributed by atoms with Gasteiger partial charge in [-0.15, -0.1) is 23.1 Å². The predicted octanol–water partition coefficient (Wildman–Crippen LogP) is 3.81. The number of hydrogen-bond acceptors (Lipinski definition) is 3. The Morgan fingerprint density at radius 1 is 1.46 bits per heavy atom. The number of benzene rings is 1. The molecule has 1 nitrogen and oxygen atoms in total. The quantitative estimate of drug-likeness (QED) is 0.491. The molecule has 13 heavy (non-hydrogen) atoms. The van der Waals surface area contributed by atoms with Gasteiger partial charge in [0.1, 0.15) is 0 Å². The zero-order valence-electron chi connectivity index (χ0n) is 7.00. The van der Waals surface area contributed by atoms with E-state index in [0.717, 1.165) is 5.69 Å². The third-order valence-corrected chi connectivity index (χ3v) is 5.09. The molecule has 0 bridgehead atoms. The molecule has 0 spiro atoms. The maximum atomic E-state index is 5.92. The monoisotopic (exact) mass is 321 g/mol. The number of thioether (sulfide) groups is 1. The number of nitrogen functional groups attached to an aromatic ring is 1. The van der Waals surface area contributed by atoms with Crippen molar-refractivity contribution < 1.29 is 0 Å². The average molecular weight is 321 g/mol. The van der Waals surface area contributed by atoms with Gasteiger partial charge in [0, 0.05) is 24.9 Å². The predicted molar refractivity (Wildman–Crippen MR) is 70.7 cm³/mol. The van der Waals surface area contributed by atoms with E-state index < -0.39 is 0 Å². The second kappa shape index (κ2) is 3.67. The van der Waals surface area contributed by atoms with Crippen molar-refractivity contribution in [2.45, 2.75) is 4.90 Å². The minimum absolute atomic E-state index is 0.887. The molecular formula is C9H8INS2. The van der Waals surface area contributed by atoms with Crippen molar-refractivity contribution in [1.82, 2.24) is 0 Å². The zero-order valence-corrected chi connectivity index (χ0v) is 10.8. The standard InChI is InChI=1S/C9H8INS2/c1-12-7-3-2-6(11)8-5(10)4-13-9(7)8/h2-4H,11H2,1H3. The molecule has 1 heterocycles. The van der Waals surface area contributed by atoms with Crippen LogP contribution in [0, 0.1) is 3.57 Å². The molecule has 0 atom stereocenters. The SMILES string of the molecule is CSc1ccc(N)c2c(I)csc12. The molecule has 4 heteroatoms. The van der Waals surface area contributed by atoms with Crippen LogP contribution >= 0.6 is 45.7 Å². The Bertz CT molecular complexity index is 450. The molecule has 0 aliphatic rings. The molecule has 0 fully saturated rings. The fraction of sp³-hybridized carbons (Fsp3) is 0.111. The number of rotatable bonds is 1. The van der Waals surface area contributed by atoms with Gasteiger partial charge in [0.05, 0.1) is 4.70 Å². The molecule has 0 aliphatic carbocycles. The van der Waals surface area contributed by atoms with Gasteiger partial charge in [-0.2, -0.15) is 0 Å². The maximum absolute atomic E-state index is 5.92. The van der Waals surface area contributed by atoms with Gasteiger partial charge in [0.2, 0.25) is 0 Å². The van der Waals surface area contributed by atoms with Crippen molar-refractivity contribution in [3.8, 4) is 0 Å². The van der Waals surface area contributed by atoms with Crippen LogP contribution in [0.5, 0.6) is 0 Å². The van der Waals surface area contributed by atoms with Crippen LogP contribution in [-0.2, 0) is 0 Å². The van der Waals surface area contributed by atoms with Crippen molar-refractivity contribution in [1.29, 1.82) is 0 Å². The van der Waals surface area contributed by atoms with Gasteiger partial charge < -0.3 is 5.73 Å². The van der Waals surface area contributed by atoms with E-state index in [0.29, 0.717) is 0 Å². The lowest BCUT2D eigenvalue weighted by Gasteiger charge is -2.01. The zero-order chi connectivity index (χ0) is 9.42. The van der Waals surface area contributed by atoms with E-state index >= 15 is 0 Å². The minimum atomic E-state index is 0.887. The van der Waals surface area contributed by atoms with Gasteiger partial charge in [-0.1, -0.05) is 0 Å². The Balaban J connectivity index is 2.87. The van der Waals surface area contributed by atoms with Gasteiger partial charge in [-0.3, -0.25) is 0 Å². The van der Waals surface area contributed by atoms with E-state index in [1.807, 2.05) is 6.07 Å². The topological polar surface area (TPSA) is 26.0 Å². The van der Waals surface area contributed by atoms with E-state index in [1.165, 1.54) is 18.6 Å². The number of fused-ring (bicyclic) bond motifs is 1. The molecule has 68 valence electrons. The number of anilines is 1. The average Bonchev–Trinajstić information content (AvgIpc) is 2.50. The Morgan fingerprint density at radius 2 is 2.23 bits per heavy atom. The summed E-state index contributed by atoms with van der Waals surface area (Å²) in [6.07, 6.45) is 2.09. The van der Waals surface area contributed by atoms with Gasteiger partial charge in [-0.05, 0) is 41.0 Å². The fourth-order valence-electron chi connectivity index (χ4n) is 1.27. The first kappa shape index (κ1) is 9.61. The fourth-order valence-corrected chi connectivity index (χ4v) is 4.17. The van der Waals surface area contributed by atoms with Crippen molar-refractivity contribution in [2.24, 2.45) is 0 Å². The van der Waals surface area contributed by atoms with Gasteiger partial charge in [0.15, 0.2) is 0 Å². The third kappa shape index (κ3) is 1.55. The molecule has 2 aromatic rings. The molecule has 1 aromatic heterocycles. The van der Waals surface area contributed by atoms with Crippen molar-refractivity contribution in [3.05, 3.63) is 21.1 Å². The van der Waals surface area contributed by atoms with E-state index in [1.54, 1.807) is 23.1 Å². The van der Waals surface area contributed by atoms with Gasteiger partial charge >= 0.3 is 0 Å². The maximum Gasteiger partial charge on any atom is 0.0510 e. The van der Waals surface area contributed by atoms with Crippen LogP contribution in [0.15, 0.2) is 22.4 Å². The third-order valence-electron chi connectivity index (χ3n) is 1.89. The molecule has 0 aliphatic heterocycles. The minimum Gasteiger partial charge on any atom is -0.398 e. The first-order valence-electron chi connectivity index (χ1n) is 3.73. The van der Waals surface area contributed by atoms with Crippen LogP contribution in [0.1, 0.15) is 0 Å². The lowest BCUT2D eigenvalue weighted by atomic mass is 10.2. The van der Waals surface area contributed by atoms with Crippen LogP contribution in [-0.4, -0.2) is 6.26 Å². The van der Waals surface area contributed by atoms with E-state index in [4.69, 9.17) is 5.73 Å². The Labute approximate surface area is 98.8 Å². The summed E-state index contributed by atoms with van der Waals surface area (Å²) in [5.74, 6) is 0. The second-order valence-electron chi connectivity index (χ2n) is 2.64. The Hall–Kier alpha value is 0.0600. The summed E-state index contributed by atoms with van der Waals surface area (Å²) in [5, 5.41) is 3.37. The Kier molecular flexibility index (Phi) is 2.71. The van der Waals surface area contributed by atoms with Crippen LogP contribution in [0.4, 0.5) is 5.69 Å². The van der Waals surface area contributed by atoms with Gasteiger partial charge in [-0.25, -0.2) is 0 Å². The summed E-state index contributed by atoms with van der Waals surface area (Å²) in [4.78, 5) is 1.32. The molecule has 2 N–H and O–H groups in total. The first-order chi connectivity index (χ1) is 6.24. The van der Waals surface area contributed by atoms with Gasteiger partial charge in [0.25, 0.3) is 0 Å². The lowest BCUT2D eigenvalue weighted by molar-refractivity contribution is 1.59. The van der Waals surface area contributed by atoms with Crippen molar-refractivity contribution in [2.75, 3.05) is 12.0 Å². The Morgan fingerprint density at radius 3 is 2.92 bits per heavy atom. The first-order valence-corrected chi connectivity index (χ1v) is 6.91. The summed E-state index contributed by atoms with van der Waals surface area (Å²) in [5.41, 5.74) is 6.81. The van der Waals surface area contributed by atoms with E-state index in [2.05, 4.69) is 40.3 Å². The molecule has 0 unspecified atom stereocenters. The smallest absolute Gasteiger partial charge is 0.0510 e. The molecular weight excluding hydrogens is 313 g/mol. The highest BCUT2D eigenvalue weighted by atomic mass is 127. The normalized spacial score (nSPS) is 10.9. The van der Waals surface area contributed by atoms with Crippen LogP contribution in [0.2, 0.25) is 0 Å². The summed E-state index contributed by atoms with van der Waals surface area (Å²) >= 11 is 5.88. The molecule has 2 rings (SSSR count).